The van der Waals surface area contributed by atoms with Crippen molar-refractivity contribution in [3.63, 3.8) is 0 Å². The molecule has 0 radical (unpaired) electrons. The van der Waals surface area contributed by atoms with Crippen LogP contribution >= 0.6 is 11.6 Å². The Kier molecular flexibility index (Phi) is 4.53. The van der Waals surface area contributed by atoms with Gasteiger partial charge in [0, 0.05) is 11.8 Å². The highest BCUT2D eigenvalue weighted by molar-refractivity contribution is 6.77. The first-order valence-corrected chi connectivity index (χ1v) is 34.6. The van der Waals surface area contributed by atoms with Gasteiger partial charge in [0.05, 0.1) is 31.9 Å². The number of rotatable bonds is 5. The van der Waals surface area contributed by atoms with E-state index in [0.29, 0.717) is 0 Å². The summed E-state index contributed by atoms with van der Waals surface area (Å²) < 4.78 is 84.3. The lowest BCUT2D eigenvalue weighted by molar-refractivity contribution is 0.132. The Hall–Kier alpha value is -10.7. The van der Waals surface area contributed by atoms with Crippen LogP contribution < -0.4 is 0 Å². The smallest absolute Gasteiger partial charge is 0.123 e. The summed E-state index contributed by atoms with van der Waals surface area (Å²) in [5, 5.41) is 54.4. The third-order valence-corrected chi connectivity index (χ3v) is 32.4. The summed E-state index contributed by atoms with van der Waals surface area (Å²) in [6.45, 7) is 0. The van der Waals surface area contributed by atoms with Crippen LogP contribution in [0.2, 0.25) is 0 Å². The van der Waals surface area contributed by atoms with Crippen LogP contribution in [0.15, 0.2) is 132 Å². The van der Waals surface area contributed by atoms with Gasteiger partial charge in [-0.3, -0.25) is 0 Å². The summed E-state index contributed by atoms with van der Waals surface area (Å²) in [6, 6.07) is 38.2. The summed E-state index contributed by atoms with van der Waals surface area (Å²) in [4.78, 5) is -1.52. The Morgan fingerprint density at radius 1 is 0.219 bits per heavy atom. The van der Waals surface area contributed by atoms with Gasteiger partial charge in [-0.1, -0.05) is 60.7 Å². The van der Waals surface area contributed by atoms with Gasteiger partial charge < -0.3 is 0 Å². The van der Waals surface area contributed by atoms with Gasteiger partial charge in [-0.15, -0.1) is 11.6 Å². The molecule has 8 atom stereocenters. The molecule has 0 saturated heterocycles. The molecule has 8 unspecified atom stereocenters. The molecule has 6 heteroatoms. The molecule has 0 nitrogen and oxygen atoms in total. The molecule has 0 fully saturated rings. The first kappa shape index (κ1) is 41.9. The number of halogens is 6. The van der Waals surface area contributed by atoms with Gasteiger partial charge in [0.1, 0.15) is 29.1 Å². The molecule has 37 rings (SSSR count). The van der Waals surface area contributed by atoms with Crippen LogP contribution in [0, 0.1) is 40.9 Å². The minimum absolute atomic E-state index is 0.309. The molecule has 11 aliphatic rings. The zero-order valence-electron chi connectivity index (χ0n) is 49.0. The van der Waals surface area contributed by atoms with Gasteiger partial charge in [0.15, 0.2) is 0 Å². The first-order chi connectivity index (χ1) is 47.2. The fourth-order valence-electron chi connectivity index (χ4n) is 31.3. The predicted molar refractivity (Wildman–Crippen MR) is 372 cm³/mol. The van der Waals surface area contributed by atoms with Crippen molar-refractivity contribution < 1.29 is 22.0 Å². The van der Waals surface area contributed by atoms with Crippen molar-refractivity contribution >= 4 is 227 Å². The summed E-state index contributed by atoms with van der Waals surface area (Å²) in [5.74, 6) is -2.75. The Labute approximate surface area is 534 Å². The largest absolute Gasteiger partial charge is 0.207 e. The Bertz CT molecular complexity index is 8720. The minimum Gasteiger partial charge on any atom is -0.207 e. The predicted octanol–water partition coefficient (Wildman–Crippen LogP) is 22.1. The van der Waals surface area contributed by atoms with E-state index in [1.165, 1.54) is 277 Å². The van der Waals surface area contributed by atoms with Crippen LogP contribution in [0.1, 0.15) is 83.5 Å². The van der Waals surface area contributed by atoms with E-state index in [1.807, 2.05) is 0 Å². The maximum absolute atomic E-state index is 16.9. The van der Waals surface area contributed by atoms with E-state index in [-0.39, 0.29) is 29.1 Å². The molecule has 0 amide bonds. The van der Waals surface area contributed by atoms with Crippen LogP contribution in [0.25, 0.3) is 215 Å². The van der Waals surface area contributed by atoms with Crippen LogP contribution in [0.3, 0.4) is 0 Å². The molecule has 0 bridgehead atoms. The third kappa shape index (κ3) is 2.59. The highest BCUT2D eigenvalue weighted by Crippen LogP contribution is 2.96. The molecule has 0 heterocycles. The van der Waals surface area contributed by atoms with Crippen LogP contribution in [-0.2, 0) is 27.1 Å². The molecular weight excluding hydrogens is 1210 g/mol. The Balaban J connectivity index is 1.03. The number of hydrogen-bond acceptors (Lipinski definition) is 0. The van der Waals surface area contributed by atoms with Gasteiger partial charge in [-0.2, -0.15) is 0 Å². The molecule has 0 N–H and O–H groups in total. The van der Waals surface area contributed by atoms with Crippen LogP contribution in [0.4, 0.5) is 22.0 Å². The van der Waals surface area contributed by atoms with Crippen molar-refractivity contribution in [3.05, 3.63) is 245 Å². The van der Waals surface area contributed by atoms with Gasteiger partial charge in [0.2, 0.25) is 0 Å². The standard InChI is InChI=1S/C90H22ClF5/c91-90-83-81-82-84(90)88(24-7-17-29(95)18-8-24)76-66-56-46-38-33-31-32-34-35(33)40-48(46)58-60-50(40)49-39(34)47-45-37(32)43-41-36(31)42-44(38)54(56)64-62-52(42)51(41)61-63-53(43)55(45)65-67-57(47)59(49)69-70(60)80(78(88)68(58)66)89(90,25-9-19-30(96)20-10-25)79(69)77(67)87(83,23-5-15-28(94)16-6-23)75(65)73(63)85(81,21-1-11-26(92)12-2-21)71(61)72(62)86(82,74(64)76)22-3-13-27(93)14-4-22/h1-20,81,83H. The van der Waals surface area contributed by atoms with E-state index < -0.39 is 43.8 Å². The average Bonchev–Trinajstić information content (AvgIpc) is 1.37. The van der Waals surface area contributed by atoms with E-state index in [2.05, 4.69) is 60.7 Å². The molecule has 0 spiro atoms. The van der Waals surface area contributed by atoms with Gasteiger partial charge in [0.25, 0.3) is 0 Å². The SMILES string of the molecule is Fc1ccc(C23C4=C5C6(c7ccc(F)cc7)c7c2c2c8c3c3c9c%10c%11c%12c%13c%14c%15c%16c%17c%18c(c6c6c7c7c2c2c%19c8c9c8c9c%10c%13c%10c%13c%14c%17c%14c%17c%18c6c6c7c2c2c(c%198)c(c9%10)c(c%13%14)c2c6%17)C%16(c2ccc(F)cc2)C5(Cl)C(C4C3%11c2ccc(F)cc2)C%12%15c2ccc(F)cc2)cc1. The summed E-state index contributed by atoms with van der Waals surface area (Å²) >= 11 is 10.9. The average molecular weight is 1230 g/mol. The van der Waals surface area contributed by atoms with E-state index in [1.54, 1.807) is 60.7 Å². The van der Waals surface area contributed by atoms with E-state index in [0.717, 1.165) is 33.4 Å². The molecule has 0 saturated carbocycles. The van der Waals surface area contributed by atoms with Crippen LogP contribution in [0.5, 0.6) is 0 Å². The summed E-state index contributed by atoms with van der Waals surface area (Å²) in [7, 11) is 0. The molecule has 11 aliphatic carbocycles. The van der Waals surface area contributed by atoms with Crippen molar-refractivity contribution in [2.75, 3.05) is 0 Å². The molecular formula is C90H22ClF5. The van der Waals surface area contributed by atoms with Gasteiger partial charge in [-0.25, -0.2) is 22.0 Å². The lowest BCUT2D eigenvalue weighted by Crippen LogP contribution is -2.70. The van der Waals surface area contributed by atoms with Crippen molar-refractivity contribution in [2.24, 2.45) is 11.8 Å². The second-order valence-electron chi connectivity index (χ2n) is 32.6. The molecule has 424 valence electrons. The van der Waals surface area contributed by atoms with E-state index in [9.17, 15) is 11.6 Å². The van der Waals surface area contributed by atoms with E-state index >= 15 is 22.0 Å². The van der Waals surface area contributed by atoms with Gasteiger partial charge >= 0.3 is 0 Å². The normalized spacial score (nSPS) is 28.1. The highest BCUT2D eigenvalue weighted by Gasteiger charge is 2.90. The third-order valence-electron chi connectivity index (χ3n) is 31.7. The minimum atomic E-state index is -1.52. The molecule has 0 aliphatic heterocycles. The quantitative estimate of drug-likeness (QED) is 0.0697. The van der Waals surface area contributed by atoms with Crippen molar-refractivity contribution in [1.82, 2.24) is 0 Å². The van der Waals surface area contributed by atoms with E-state index in [4.69, 9.17) is 0 Å². The summed E-state index contributed by atoms with van der Waals surface area (Å²) in [5.41, 5.74) is 14.1. The lowest BCUT2D eigenvalue weighted by Gasteiger charge is -2.67. The number of alkyl halides is 1. The summed E-state index contributed by atoms with van der Waals surface area (Å²) in [6.07, 6.45) is 0. The Morgan fingerprint density at radius 3 is 0.802 bits per heavy atom. The second-order valence-corrected chi connectivity index (χ2v) is 33.2. The zero-order chi connectivity index (χ0) is 60.1. The van der Waals surface area contributed by atoms with Gasteiger partial charge in [-0.05, 0) is 371 Å². The lowest BCUT2D eigenvalue weighted by atomic mass is 9.36. The monoisotopic (exact) mass is 1230 g/mol. The fourth-order valence-corrected chi connectivity index (χ4v) is 32.1. The van der Waals surface area contributed by atoms with Crippen molar-refractivity contribution in [3.8, 4) is 0 Å². The molecule has 0 aromatic heterocycles. The maximum atomic E-state index is 16.9. The zero-order valence-corrected chi connectivity index (χ0v) is 49.7. The highest BCUT2D eigenvalue weighted by atomic mass is 35.5. The Morgan fingerprint density at radius 2 is 0.438 bits per heavy atom. The van der Waals surface area contributed by atoms with Crippen molar-refractivity contribution in [2.45, 2.75) is 31.9 Å². The topological polar surface area (TPSA) is 0 Å². The number of allylic oxidation sites excluding steroid dienone is 2. The molecule has 26 aromatic rings. The molecule has 96 heavy (non-hydrogen) atoms. The first-order valence-electron chi connectivity index (χ1n) is 34.2. The molecule has 26 aromatic carbocycles. The number of hydrogen-bond donors (Lipinski definition) is 0. The number of benzene rings is 20. The second kappa shape index (κ2) is 10.4. The fraction of sp³-hybridized carbons (Fsp3) is 0.0889. The van der Waals surface area contributed by atoms with Crippen LogP contribution in [-0.4, -0.2) is 4.87 Å². The van der Waals surface area contributed by atoms with Crippen molar-refractivity contribution in [1.29, 1.82) is 0 Å². The maximum Gasteiger partial charge on any atom is 0.123 e.